The summed E-state index contributed by atoms with van der Waals surface area (Å²) >= 11 is 0. The second-order valence-corrected chi connectivity index (χ2v) is 3.95. The first kappa shape index (κ1) is 10.1. The molecule has 2 rings (SSSR count). The van der Waals surface area contributed by atoms with Gasteiger partial charge in [-0.15, -0.1) is 0 Å². The summed E-state index contributed by atoms with van der Waals surface area (Å²) in [4.78, 5) is 15.6. The van der Waals surface area contributed by atoms with E-state index in [-0.39, 0.29) is 5.78 Å². The van der Waals surface area contributed by atoms with Gasteiger partial charge in [0.15, 0.2) is 5.78 Å². The first-order chi connectivity index (χ1) is 7.25. The number of allylic oxidation sites excluding steroid dienone is 2. The average molecular weight is 205 g/mol. The van der Waals surface area contributed by atoms with Crippen molar-refractivity contribution in [1.82, 2.24) is 14.8 Å². The largest absolute Gasteiger partial charge is 0.295 e. The molecule has 4 nitrogen and oxygen atoms in total. The second-order valence-electron chi connectivity index (χ2n) is 3.95. The second kappa shape index (κ2) is 4.38. The normalized spacial score (nSPS) is 17.4. The molecular weight excluding hydrogens is 190 g/mol. The zero-order valence-electron chi connectivity index (χ0n) is 8.94. The first-order valence-corrected chi connectivity index (χ1v) is 5.31. The quantitative estimate of drug-likeness (QED) is 0.733. The van der Waals surface area contributed by atoms with Crippen LogP contribution in [0.25, 0.3) is 0 Å². The van der Waals surface area contributed by atoms with Crippen molar-refractivity contribution in [2.75, 3.05) is 0 Å². The number of ketones is 1. The molecule has 0 amide bonds. The number of rotatable bonds is 2. The summed E-state index contributed by atoms with van der Waals surface area (Å²) in [6, 6.07) is 0. The molecule has 0 N–H and O–H groups in total. The lowest BCUT2D eigenvalue weighted by molar-refractivity contribution is -0.114. The Bertz CT molecular complexity index is 392. The highest BCUT2D eigenvalue weighted by molar-refractivity contribution is 5.90. The maximum absolute atomic E-state index is 11.4. The van der Waals surface area contributed by atoms with E-state index in [2.05, 4.69) is 10.1 Å². The molecule has 0 saturated heterocycles. The zero-order chi connectivity index (χ0) is 10.7. The molecule has 0 saturated carbocycles. The highest BCUT2D eigenvalue weighted by atomic mass is 16.1. The van der Waals surface area contributed by atoms with Gasteiger partial charge >= 0.3 is 0 Å². The molecule has 0 atom stereocenters. The van der Waals surface area contributed by atoms with Crippen molar-refractivity contribution < 1.29 is 4.79 Å². The van der Waals surface area contributed by atoms with Crippen LogP contribution in [0.2, 0.25) is 0 Å². The Hall–Kier alpha value is -1.45. The van der Waals surface area contributed by atoms with Crippen LogP contribution in [0.4, 0.5) is 0 Å². The minimum absolute atomic E-state index is 0.254. The van der Waals surface area contributed by atoms with E-state index in [1.54, 1.807) is 17.1 Å². The van der Waals surface area contributed by atoms with Crippen LogP contribution in [0, 0.1) is 0 Å². The molecule has 80 valence electrons. The molecule has 1 aromatic heterocycles. The van der Waals surface area contributed by atoms with Gasteiger partial charge in [0.25, 0.3) is 0 Å². The molecule has 0 unspecified atom stereocenters. The highest BCUT2D eigenvalue weighted by Gasteiger charge is 2.10. The van der Waals surface area contributed by atoms with E-state index >= 15 is 0 Å². The zero-order valence-corrected chi connectivity index (χ0v) is 8.94. The molecule has 1 aliphatic rings. The Balaban J connectivity index is 2.11. The Morgan fingerprint density at radius 2 is 2.20 bits per heavy atom. The predicted molar refractivity (Wildman–Crippen MR) is 56.3 cm³/mol. The van der Waals surface area contributed by atoms with E-state index in [4.69, 9.17) is 0 Å². The van der Waals surface area contributed by atoms with Crippen LogP contribution in [-0.2, 0) is 18.3 Å². The molecule has 0 bridgehead atoms. The molecule has 0 aromatic carbocycles. The molecular formula is C11H15N3O. The molecule has 0 radical (unpaired) electrons. The number of nitrogens with zero attached hydrogens (tertiary/aromatic N) is 3. The fourth-order valence-electron chi connectivity index (χ4n) is 1.85. The van der Waals surface area contributed by atoms with Gasteiger partial charge in [-0.1, -0.05) is 5.57 Å². The van der Waals surface area contributed by atoms with Crippen LogP contribution in [-0.4, -0.2) is 20.5 Å². The summed E-state index contributed by atoms with van der Waals surface area (Å²) in [6.07, 6.45) is 7.92. The smallest absolute Gasteiger partial charge is 0.155 e. The number of hydrogen-bond donors (Lipinski definition) is 0. The molecule has 1 heterocycles. The van der Waals surface area contributed by atoms with E-state index in [0.717, 1.165) is 31.5 Å². The van der Waals surface area contributed by atoms with Crippen LogP contribution in [0.5, 0.6) is 0 Å². The third-order valence-corrected chi connectivity index (χ3v) is 2.73. The maximum atomic E-state index is 11.4. The fourth-order valence-corrected chi connectivity index (χ4v) is 1.85. The number of aromatic nitrogens is 3. The van der Waals surface area contributed by atoms with E-state index in [1.807, 2.05) is 7.05 Å². The SMILES string of the molecule is Cn1ncnc1CC1=CC(=O)CCCC1. The van der Waals surface area contributed by atoms with Crippen molar-refractivity contribution in [2.24, 2.45) is 7.05 Å². The van der Waals surface area contributed by atoms with Gasteiger partial charge in [-0.2, -0.15) is 5.10 Å². The van der Waals surface area contributed by atoms with E-state index < -0.39 is 0 Å². The summed E-state index contributed by atoms with van der Waals surface area (Å²) in [5, 5.41) is 4.02. The minimum atomic E-state index is 0.254. The number of hydrogen-bond acceptors (Lipinski definition) is 3. The summed E-state index contributed by atoms with van der Waals surface area (Å²) in [5.41, 5.74) is 1.19. The summed E-state index contributed by atoms with van der Waals surface area (Å²) < 4.78 is 1.76. The third kappa shape index (κ3) is 2.52. The van der Waals surface area contributed by atoms with Crippen molar-refractivity contribution in [3.63, 3.8) is 0 Å². The van der Waals surface area contributed by atoms with Gasteiger partial charge in [0.2, 0.25) is 0 Å². The van der Waals surface area contributed by atoms with Gasteiger partial charge in [-0.05, 0) is 25.3 Å². The van der Waals surface area contributed by atoms with Crippen molar-refractivity contribution in [3.05, 3.63) is 23.8 Å². The van der Waals surface area contributed by atoms with Crippen LogP contribution in [0.1, 0.15) is 31.5 Å². The molecule has 0 fully saturated rings. The van der Waals surface area contributed by atoms with Crippen molar-refractivity contribution >= 4 is 5.78 Å². The lowest BCUT2D eigenvalue weighted by atomic mass is 10.1. The standard InChI is InChI=1S/C11H15N3O/c1-14-11(12-8-13-14)7-9-4-2-3-5-10(15)6-9/h6,8H,2-5,7H2,1H3. The van der Waals surface area contributed by atoms with Gasteiger partial charge in [-0.25, -0.2) is 4.98 Å². The lowest BCUT2D eigenvalue weighted by Gasteiger charge is -2.03. The van der Waals surface area contributed by atoms with E-state index in [0.29, 0.717) is 6.42 Å². The van der Waals surface area contributed by atoms with Crippen LogP contribution in [0.15, 0.2) is 18.0 Å². The Labute approximate surface area is 89.0 Å². The lowest BCUT2D eigenvalue weighted by Crippen LogP contribution is -2.02. The van der Waals surface area contributed by atoms with Crippen molar-refractivity contribution in [2.45, 2.75) is 32.1 Å². The third-order valence-electron chi connectivity index (χ3n) is 2.73. The van der Waals surface area contributed by atoms with Crippen molar-refractivity contribution in [3.8, 4) is 0 Å². The molecule has 1 aromatic rings. The summed E-state index contributed by atoms with van der Waals surface area (Å²) in [6.45, 7) is 0. The molecule has 4 heteroatoms. The van der Waals surface area contributed by atoms with Gasteiger partial charge in [0, 0.05) is 19.9 Å². The molecule has 1 aliphatic carbocycles. The van der Waals surface area contributed by atoms with Crippen LogP contribution in [0.3, 0.4) is 0 Å². The minimum Gasteiger partial charge on any atom is -0.295 e. The topological polar surface area (TPSA) is 47.8 Å². The number of carbonyl (C=O) groups is 1. The molecule has 0 aliphatic heterocycles. The van der Waals surface area contributed by atoms with E-state index in [1.165, 1.54) is 5.57 Å². The summed E-state index contributed by atoms with van der Waals surface area (Å²) in [7, 11) is 1.88. The van der Waals surface area contributed by atoms with Gasteiger partial charge in [-0.3, -0.25) is 9.48 Å². The van der Waals surface area contributed by atoms with Gasteiger partial charge < -0.3 is 0 Å². The molecule has 0 spiro atoms. The predicted octanol–water partition coefficient (Wildman–Crippen LogP) is 1.43. The van der Waals surface area contributed by atoms with Crippen molar-refractivity contribution in [1.29, 1.82) is 0 Å². The molecule has 15 heavy (non-hydrogen) atoms. The average Bonchev–Trinajstić information content (AvgIpc) is 2.48. The monoisotopic (exact) mass is 205 g/mol. The number of carbonyl (C=O) groups excluding carboxylic acids is 1. The highest BCUT2D eigenvalue weighted by Crippen LogP contribution is 2.18. The number of aryl methyl sites for hydroxylation is 1. The van der Waals surface area contributed by atoms with Crippen LogP contribution < -0.4 is 0 Å². The first-order valence-electron chi connectivity index (χ1n) is 5.31. The van der Waals surface area contributed by atoms with E-state index in [9.17, 15) is 4.79 Å². The fraction of sp³-hybridized carbons (Fsp3) is 0.545. The van der Waals surface area contributed by atoms with Crippen LogP contribution >= 0.6 is 0 Å². The van der Waals surface area contributed by atoms with Gasteiger partial charge in [0.05, 0.1) is 0 Å². The Kier molecular flexibility index (Phi) is 2.94. The van der Waals surface area contributed by atoms with Gasteiger partial charge in [0.1, 0.15) is 12.2 Å². The maximum Gasteiger partial charge on any atom is 0.155 e. The Morgan fingerprint density at radius 3 is 2.93 bits per heavy atom. The summed E-state index contributed by atoms with van der Waals surface area (Å²) in [5.74, 6) is 1.18. The Morgan fingerprint density at radius 1 is 1.40 bits per heavy atom.